The zero-order chi connectivity index (χ0) is 15.5. The number of nitrogens with one attached hydrogen (secondary N) is 3. The number of carboxylic acid groups (broad SMARTS) is 1. The van der Waals surface area contributed by atoms with Gasteiger partial charge in [0.1, 0.15) is 11.6 Å². The molecule has 0 spiro atoms. The van der Waals surface area contributed by atoms with Gasteiger partial charge in [-0.1, -0.05) is 0 Å². The molecule has 0 amide bonds. The highest BCUT2D eigenvalue weighted by atomic mass is 16.4. The van der Waals surface area contributed by atoms with Gasteiger partial charge in [-0.3, -0.25) is 5.10 Å². The fourth-order valence-corrected chi connectivity index (χ4v) is 1.89. The Labute approximate surface area is 122 Å². The first kappa shape index (κ1) is 13.3. The summed E-state index contributed by atoms with van der Waals surface area (Å²) in [5.74, 6) is -0.946. The Balaban J connectivity index is 1.97. The average Bonchev–Trinajstić information content (AvgIpc) is 3.18. The first-order valence-electron chi connectivity index (χ1n) is 6.00. The van der Waals surface area contributed by atoms with E-state index in [1.165, 1.54) is 18.5 Å². The van der Waals surface area contributed by atoms with E-state index in [2.05, 4.69) is 36.1 Å². The van der Waals surface area contributed by atoms with Gasteiger partial charge >= 0.3 is 5.97 Å². The van der Waals surface area contributed by atoms with E-state index >= 15 is 0 Å². The Kier molecular flexibility index (Phi) is 3.21. The van der Waals surface area contributed by atoms with Crippen molar-refractivity contribution in [2.75, 3.05) is 5.32 Å². The van der Waals surface area contributed by atoms with Crippen molar-refractivity contribution in [2.45, 2.75) is 0 Å². The average molecular weight is 296 g/mol. The number of aromatic nitrogens is 6. The lowest BCUT2D eigenvalue weighted by Crippen LogP contribution is -2.00. The molecule has 3 rings (SSSR count). The summed E-state index contributed by atoms with van der Waals surface area (Å²) in [4.78, 5) is 11.3. The van der Waals surface area contributed by atoms with Crippen molar-refractivity contribution in [1.82, 2.24) is 30.8 Å². The van der Waals surface area contributed by atoms with Crippen LogP contribution in [0.3, 0.4) is 0 Å². The second-order valence-corrected chi connectivity index (χ2v) is 4.21. The minimum absolute atomic E-state index is 0.0731. The number of tetrazole rings is 1. The van der Waals surface area contributed by atoms with Gasteiger partial charge in [-0.05, 0) is 17.3 Å². The molecule has 4 N–H and O–H groups in total. The SMILES string of the molecule is N#CC(=CNc1cc(C(=O)O)c2[nH]ncc2c1)c1nn[nH]n1. The van der Waals surface area contributed by atoms with Crippen LogP contribution in [-0.2, 0) is 0 Å². The van der Waals surface area contributed by atoms with Gasteiger partial charge in [-0.2, -0.15) is 15.6 Å². The van der Waals surface area contributed by atoms with Crippen LogP contribution in [-0.4, -0.2) is 41.9 Å². The summed E-state index contributed by atoms with van der Waals surface area (Å²) in [7, 11) is 0. The van der Waals surface area contributed by atoms with Crippen LogP contribution in [0.15, 0.2) is 24.5 Å². The van der Waals surface area contributed by atoms with Crippen LogP contribution in [0.1, 0.15) is 16.2 Å². The standard InChI is InChI=1S/C12H8N8O2/c13-3-7(11-17-19-20-18-11)4-14-8-1-6-5-15-16-10(6)9(2-8)12(21)22/h1-2,4-5,14H,(H,15,16)(H,21,22)(H,17,18,19,20). The van der Waals surface area contributed by atoms with Crippen LogP contribution in [0, 0.1) is 11.3 Å². The van der Waals surface area contributed by atoms with E-state index in [4.69, 9.17) is 5.26 Å². The lowest BCUT2D eigenvalue weighted by atomic mass is 10.1. The van der Waals surface area contributed by atoms with Gasteiger partial charge in [-0.25, -0.2) is 4.79 Å². The summed E-state index contributed by atoms with van der Waals surface area (Å²) >= 11 is 0. The van der Waals surface area contributed by atoms with Crippen molar-refractivity contribution >= 4 is 28.1 Å². The normalized spacial score (nSPS) is 11.3. The molecule has 0 aliphatic rings. The molecule has 3 aromatic rings. The third kappa shape index (κ3) is 2.34. The zero-order valence-corrected chi connectivity index (χ0v) is 10.9. The molecule has 0 bridgehead atoms. The minimum Gasteiger partial charge on any atom is -0.478 e. The summed E-state index contributed by atoms with van der Waals surface area (Å²) in [6, 6.07) is 5.06. The van der Waals surface area contributed by atoms with E-state index in [1.54, 1.807) is 6.07 Å². The molecule has 2 aromatic heterocycles. The predicted molar refractivity (Wildman–Crippen MR) is 74.4 cm³/mol. The van der Waals surface area contributed by atoms with Crippen molar-refractivity contribution < 1.29 is 9.90 Å². The van der Waals surface area contributed by atoms with Gasteiger partial charge < -0.3 is 10.4 Å². The highest BCUT2D eigenvalue weighted by Crippen LogP contribution is 2.22. The lowest BCUT2D eigenvalue weighted by Gasteiger charge is -2.04. The van der Waals surface area contributed by atoms with Gasteiger partial charge in [0, 0.05) is 17.3 Å². The van der Waals surface area contributed by atoms with Gasteiger partial charge in [0.25, 0.3) is 0 Å². The summed E-state index contributed by atoms with van der Waals surface area (Å²) in [5.41, 5.74) is 1.14. The van der Waals surface area contributed by atoms with Gasteiger partial charge in [0.05, 0.1) is 17.3 Å². The predicted octanol–water partition coefficient (Wildman–Crippen LogP) is 0.751. The summed E-state index contributed by atoms with van der Waals surface area (Å²) in [5, 5.41) is 41.3. The number of nitrogens with zero attached hydrogens (tertiary/aromatic N) is 5. The molecule has 0 atom stereocenters. The van der Waals surface area contributed by atoms with Gasteiger partial charge in [-0.15, -0.1) is 10.2 Å². The number of aromatic carboxylic acids is 1. The number of benzene rings is 1. The highest BCUT2D eigenvalue weighted by Gasteiger charge is 2.12. The van der Waals surface area contributed by atoms with E-state index in [1.807, 2.05) is 6.07 Å². The number of fused-ring (bicyclic) bond motifs is 1. The van der Waals surface area contributed by atoms with E-state index in [9.17, 15) is 9.90 Å². The second kappa shape index (κ2) is 5.33. The number of aromatic amines is 2. The molecule has 0 aliphatic carbocycles. The van der Waals surface area contributed by atoms with Gasteiger partial charge in [0.2, 0.25) is 5.82 Å². The molecular weight excluding hydrogens is 288 g/mol. The molecule has 0 radical (unpaired) electrons. The molecule has 10 heteroatoms. The number of hydrogen-bond donors (Lipinski definition) is 4. The topological polar surface area (TPSA) is 156 Å². The number of carboxylic acids is 1. The van der Waals surface area contributed by atoms with Crippen molar-refractivity contribution in [1.29, 1.82) is 5.26 Å². The number of nitriles is 1. The van der Waals surface area contributed by atoms with Crippen molar-refractivity contribution in [3.8, 4) is 6.07 Å². The minimum atomic E-state index is -1.08. The monoisotopic (exact) mass is 296 g/mol. The van der Waals surface area contributed by atoms with E-state index in [-0.39, 0.29) is 17.0 Å². The van der Waals surface area contributed by atoms with Crippen molar-refractivity contribution in [2.24, 2.45) is 0 Å². The maximum atomic E-state index is 11.3. The molecule has 10 nitrogen and oxygen atoms in total. The first-order valence-corrected chi connectivity index (χ1v) is 6.00. The fourth-order valence-electron chi connectivity index (χ4n) is 1.89. The molecule has 0 saturated carbocycles. The molecule has 0 fully saturated rings. The summed E-state index contributed by atoms with van der Waals surface area (Å²) in [6.07, 6.45) is 2.89. The van der Waals surface area contributed by atoms with E-state index in [0.717, 1.165) is 0 Å². The fraction of sp³-hybridized carbons (Fsp3) is 0. The molecule has 1 aromatic carbocycles. The molecule has 0 aliphatic heterocycles. The van der Waals surface area contributed by atoms with Crippen LogP contribution >= 0.6 is 0 Å². The smallest absolute Gasteiger partial charge is 0.337 e. The number of hydrogen-bond acceptors (Lipinski definition) is 7. The molecule has 0 unspecified atom stereocenters. The Morgan fingerprint density at radius 2 is 2.32 bits per heavy atom. The number of H-pyrrole nitrogens is 2. The Morgan fingerprint density at radius 3 is 3.00 bits per heavy atom. The zero-order valence-electron chi connectivity index (χ0n) is 10.9. The first-order chi connectivity index (χ1) is 10.7. The number of rotatable bonds is 4. The van der Waals surface area contributed by atoms with E-state index in [0.29, 0.717) is 16.6 Å². The van der Waals surface area contributed by atoms with Crippen molar-refractivity contribution in [3.63, 3.8) is 0 Å². The van der Waals surface area contributed by atoms with Gasteiger partial charge in [0.15, 0.2) is 0 Å². The van der Waals surface area contributed by atoms with Crippen LogP contribution in [0.2, 0.25) is 0 Å². The Hall–Kier alpha value is -3.74. The summed E-state index contributed by atoms with van der Waals surface area (Å²) in [6.45, 7) is 0. The van der Waals surface area contributed by atoms with Crippen LogP contribution in [0.4, 0.5) is 5.69 Å². The van der Waals surface area contributed by atoms with Crippen LogP contribution in [0.5, 0.6) is 0 Å². The van der Waals surface area contributed by atoms with E-state index < -0.39 is 5.97 Å². The highest BCUT2D eigenvalue weighted by molar-refractivity contribution is 6.03. The molecule has 2 heterocycles. The second-order valence-electron chi connectivity index (χ2n) is 4.21. The lowest BCUT2D eigenvalue weighted by molar-refractivity contribution is 0.0699. The molecule has 108 valence electrons. The third-order valence-electron chi connectivity index (χ3n) is 2.87. The molecule has 0 saturated heterocycles. The Morgan fingerprint density at radius 1 is 1.45 bits per heavy atom. The maximum Gasteiger partial charge on any atom is 0.337 e. The van der Waals surface area contributed by atoms with Crippen LogP contribution < -0.4 is 5.32 Å². The molecule has 22 heavy (non-hydrogen) atoms. The maximum absolute atomic E-state index is 11.3. The quantitative estimate of drug-likeness (QED) is 0.514. The van der Waals surface area contributed by atoms with Crippen molar-refractivity contribution in [3.05, 3.63) is 35.9 Å². The largest absolute Gasteiger partial charge is 0.478 e. The molecular formula is C12H8N8O2. The number of allylic oxidation sites excluding steroid dienone is 1. The number of carbonyl (C=O) groups is 1. The number of anilines is 1. The third-order valence-corrected chi connectivity index (χ3v) is 2.87. The van der Waals surface area contributed by atoms with Crippen LogP contribution in [0.25, 0.3) is 16.5 Å². The summed E-state index contributed by atoms with van der Waals surface area (Å²) < 4.78 is 0. The Bertz CT molecular complexity index is 903.